The van der Waals surface area contributed by atoms with Crippen molar-refractivity contribution in [2.75, 3.05) is 0 Å². The summed E-state index contributed by atoms with van der Waals surface area (Å²) in [6.07, 6.45) is 0. The Balaban J connectivity index is 1.47. The summed E-state index contributed by atoms with van der Waals surface area (Å²) in [6.45, 7) is 0.561. The Bertz CT molecular complexity index is 1330. The van der Waals surface area contributed by atoms with Crippen molar-refractivity contribution < 1.29 is 4.39 Å². The van der Waals surface area contributed by atoms with Gasteiger partial charge in [-0.3, -0.25) is 9.55 Å². The maximum absolute atomic E-state index is 14.5. The third kappa shape index (κ3) is 4.20. The summed E-state index contributed by atoms with van der Waals surface area (Å²) < 4.78 is 16.5. The van der Waals surface area contributed by atoms with Gasteiger partial charge in [0.25, 0.3) is 0 Å². The maximum atomic E-state index is 14.5. The zero-order valence-corrected chi connectivity index (χ0v) is 17.5. The van der Waals surface area contributed by atoms with Gasteiger partial charge in [0, 0.05) is 11.1 Å². The van der Waals surface area contributed by atoms with Crippen molar-refractivity contribution in [3.63, 3.8) is 0 Å². The Labute approximate surface area is 183 Å². The molecular formula is C25H19FN4S. The number of halogens is 1. The first kappa shape index (κ1) is 19.5. The topological polar surface area (TPSA) is 43.6 Å². The SMILES string of the molecule is Fc1ccccc1-c1nnc(SCc2ccc3ccccc3n2)n1Cc1ccccc1. The summed E-state index contributed by atoms with van der Waals surface area (Å²) in [5.74, 6) is 0.863. The van der Waals surface area contributed by atoms with Gasteiger partial charge in [0.15, 0.2) is 11.0 Å². The molecule has 0 amide bonds. The molecule has 0 aliphatic heterocycles. The van der Waals surface area contributed by atoms with Gasteiger partial charge in [0.2, 0.25) is 0 Å². The summed E-state index contributed by atoms with van der Waals surface area (Å²) in [5, 5.41) is 10.6. The van der Waals surface area contributed by atoms with Gasteiger partial charge in [0.1, 0.15) is 5.82 Å². The van der Waals surface area contributed by atoms with Crippen molar-refractivity contribution in [2.45, 2.75) is 17.5 Å². The lowest BCUT2D eigenvalue weighted by Crippen LogP contribution is -2.05. The highest BCUT2D eigenvalue weighted by atomic mass is 32.2. The van der Waals surface area contributed by atoms with Crippen molar-refractivity contribution >= 4 is 22.7 Å². The molecule has 4 nitrogen and oxygen atoms in total. The average molecular weight is 427 g/mol. The summed E-state index contributed by atoms with van der Waals surface area (Å²) in [7, 11) is 0. The molecule has 0 bridgehead atoms. The molecule has 5 aromatic rings. The molecule has 0 saturated carbocycles. The highest BCUT2D eigenvalue weighted by Crippen LogP contribution is 2.28. The molecule has 0 N–H and O–H groups in total. The fourth-order valence-electron chi connectivity index (χ4n) is 3.47. The van der Waals surface area contributed by atoms with E-state index in [1.54, 1.807) is 23.9 Å². The van der Waals surface area contributed by atoms with E-state index < -0.39 is 0 Å². The van der Waals surface area contributed by atoms with E-state index in [0.29, 0.717) is 23.7 Å². The van der Waals surface area contributed by atoms with Crippen LogP contribution in [-0.2, 0) is 12.3 Å². The molecule has 2 aromatic heterocycles. The van der Waals surface area contributed by atoms with Crippen LogP contribution in [0, 0.1) is 5.82 Å². The molecular weight excluding hydrogens is 407 g/mol. The van der Waals surface area contributed by atoms with Crippen LogP contribution < -0.4 is 0 Å². The minimum Gasteiger partial charge on any atom is -0.297 e. The van der Waals surface area contributed by atoms with Gasteiger partial charge < -0.3 is 0 Å². The third-order valence-electron chi connectivity index (χ3n) is 5.02. The largest absolute Gasteiger partial charge is 0.297 e. The molecule has 0 radical (unpaired) electrons. The highest BCUT2D eigenvalue weighted by Gasteiger charge is 2.17. The van der Waals surface area contributed by atoms with Crippen LogP contribution in [0.4, 0.5) is 4.39 Å². The van der Waals surface area contributed by atoms with Crippen LogP contribution in [0.5, 0.6) is 0 Å². The monoisotopic (exact) mass is 426 g/mol. The van der Waals surface area contributed by atoms with Crippen LogP contribution in [-0.4, -0.2) is 19.7 Å². The zero-order chi connectivity index (χ0) is 21.0. The summed E-state index contributed by atoms with van der Waals surface area (Å²) in [4.78, 5) is 4.74. The zero-order valence-electron chi connectivity index (χ0n) is 16.6. The number of para-hydroxylation sites is 1. The average Bonchev–Trinajstić information content (AvgIpc) is 3.20. The molecule has 5 rings (SSSR count). The van der Waals surface area contributed by atoms with E-state index in [-0.39, 0.29) is 5.82 Å². The van der Waals surface area contributed by atoms with E-state index in [2.05, 4.69) is 22.3 Å². The highest BCUT2D eigenvalue weighted by molar-refractivity contribution is 7.98. The van der Waals surface area contributed by atoms with E-state index in [0.717, 1.165) is 27.3 Å². The lowest BCUT2D eigenvalue weighted by Gasteiger charge is -2.11. The Morgan fingerprint density at radius 2 is 1.55 bits per heavy atom. The van der Waals surface area contributed by atoms with Crippen molar-refractivity contribution in [2.24, 2.45) is 0 Å². The van der Waals surface area contributed by atoms with Crippen molar-refractivity contribution in [1.82, 2.24) is 19.7 Å². The molecule has 0 unspecified atom stereocenters. The second kappa shape index (κ2) is 8.70. The molecule has 152 valence electrons. The number of aromatic nitrogens is 4. The molecule has 0 atom stereocenters. The number of thioether (sulfide) groups is 1. The number of nitrogens with zero attached hydrogens (tertiary/aromatic N) is 4. The van der Waals surface area contributed by atoms with Gasteiger partial charge in [-0.1, -0.05) is 78.5 Å². The number of fused-ring (bicyclic) bond motifs is 1. The predicted octanol–water partition coefficient (Wildman–Crippen LogP) is 5.97. The predicted molar refractivity (Wildman–Crippen MR) is 122 cm³/mol. The molecule has 31 heavy (non-hydrogen) atoms. The van der Waals surface area contributed by atoms with Gasteiger partial charge in [-0.2, -0.15) is 0 Å². The fraction of sp³-hybridized carbons (Fsp3) is 0.0800. The Morgan fingerprint density at radius 3 is 2.42 bits per heavy atom. The lowest BCUT2D eigenvalue weighted by molar-refractivity contribution is 0.626. The lowest BCUT2D eigenvalue weighted by atomic mass is 10.2. The van der Waals surface area contributed by atoms with Crippen LogP contribution in [0.3, 0.4) is 0 Å². The van der Waals surface area contributed by atoms with Crippen molar-refractivity contribution in [1.29, 1.82) is 0 Å². The van der Waals surface area contributed by atoms with E-state index in [9.17, 15) is 4.39 Å². The van der Waals surface area contributed by atoms with Gasteiger partial charge in [-0.15, -0.1) is 10.2 Å². The molecule has 0 aliphatic carbocycles. The maximum Gasteiger partial charge on any atom is 0.192 e. The second-order valence-corrected chi connectivity index (χ2v) is 8.08. The van der Waals surface area contributed by atoms with Crippen LogP contribution in [0.1, 0.15) is 11.3 Å². The fourth-order valence-corrected chi connectivity index (χ4v) is 4.32. The van der Waals surface area contributed by atoms with Crippen LogP contribution in [0.2, 0.25) is 0 Å². The number of hydrogen-bond acceptors (Lipinski definition) is 4. The minimum atomic E-state index is -0.308. The Morgan fingerprint density at radius 1 is 0.774 bits per heavy atom. The summed E-state index contributed by atoms with van der Waals surface area (Å²) >= 11 is 1.55. The Kier molecular flexibility index (Phi) is 5.46. The molecule has 0 spiro atoms. The van der Waals surface area contributed by atoms with Gasteiger partial charge in [-0.05, 0) is 29.8 Å². The third-order valence-corrected chi connectivity index (χ3v) is 6.02. The summed E-state index contributed by atoms with van der Waals surface area (Å²) in [6, 6.07) is 28.9. The molecule has 0 fully saturated rings. The van der Waals surface area contributed by atoms with Crippen LogP contribution in [0.25, 0.3) is 22.3 Å². The Hall–Kier alpha value is -3.51. The smallest absolute Gasteiger partial charge is 0.192 e. The van der Waals surface area contributed by atoms with Crippen molar-refractivity contribution in [3.05, 3.63) is 108 Å². The number of hydrogen-bond donors (Lipinski definition) is 0. The van der Waals surface area contributed by atoms with E-state index >= 15 is 0 Å². The van der Waals surface area contributed by atoms with Gasteiger partial charge in [-0.25, -0.2) is 4.39 Å². The van der Waals surface area contributed by atoms with Crippen LogP contribution in [0.15, 0.2) is 96.2 Å². The molecule has 3 aromatic carbocycles. The first-order chi connectivity index (χ1) is 15.3. The second-order valence-electron chi connectivity index (χ2n) is 7.14. The van der Waals surface area contributed by atoms with E-state index in [4.69, 9.17) is 4.98 Å². The number of benzene rings is 3. The van der Waals surface area contributed by atoms with E-state index in [1.807, 2.05) is 65.2 Å². The molecule has 2 heterocycles. The standard InChI is InChI=1S/C25H19FN4S/c26-22-12-6-5-11-21(22)24-28-29-25(30(24)16-18-8-2-1-3-9-18)31-17-20-15-14-19-10-4-7-13-23(19)27-20/h1-15H,16-17H2. The number of pyridine rings is 1. The minimum absolute atomic E-state index is 0.308. The first-order valence-electron chi connectivity index (χ1n) is 9.97. The first-order valence-corrected chi connectivity index (χ1v) is 11.0. The van der Waals surface area contributed by atoms with Crippen molar-refractivity contribution in [3.8, 4) is 11.4 Å². The molecule has 0 aliphatic rings. The number of rotatable bonds is 6. The molecule has 6 heteroatoms. The van der Waals surface area contributed by atoms with E-state index in [1.165, 1.54) is 6.07 Å². The van der Waals surface area contributed by atoms with Gasteiger partial charge >= 0.3 is 0 Å². The van der Waals surface area contributed by atoms with Gasteiger partial charge in [0.05, 0.1) is 23.3 Å². The summed E-state index contributed by atoms with van der Waals surface area (Å²) in [5.41, 5.74) is 3.48. The molecule has 0 saturated heterocycles. The normalized spacial score (nSPS) is 11.1. The quantitative estimate of drug-likeness (QED) is 0.314. The van der Waals surface area contributed by atoms with Crippen LogP contribution >= 0.6 is 11.8 Å².